The van der Waals surface area contributed by atoms with E-state index in [0.29, 0.717) is 31.5 Å². The second kappa shape index (κ2) is 6.98. The topological polar surface area (TPSA) is 82.6 Å². The van der Waals surface area contributed by atoms with Gasteiger partial charge in [0.1, 0.15) is 6.04 Å². The number of esters is 1. The lowest BCUT2D eigenvalue weighted by atomic mass is 9.98. The number of pyridine rings is 1. The molecule has 0 saturated carbocycles. The molecule has 0 unspecified atom stereocenters. The van der Waals surface area contributed by atoms with E-state index in [0.717, 1.165) is 22.0 Å². The first-order valence-electron chi connectivity index (χ1n) is 8.52. The second-order valence-electron chi connectivity index (χ2n) is 6.86. The maximum Gasteiger partial charge on any atom is 0.323 e. The summed E-state index contributed by atoms with van der Waals surface area (Å²) in [7, 11) is 1.34. The SMILES string of the molecule is COC(=O)[C@@H]1C[C@H](O)CCN1Cc1cc2cc(C)cc(C)c2[nH]c1=O. The van der Waals surface area contributed by atoms with Gasteiger partial charge in [-0.15, -0.1) is 0 Å². The number of ether oxygens (including phenoxy) is 1. The third-order valence-electron chi connectivity index (χ3n) is 4.90. The largest absolute Gasteiger partial charge is 0.468 e. The lowest BCUT2D eigenvalue weighted by Gasteiger charge is -2.35. The number of aliphatic hydroxyl groups excluding tert-OH is 1. The molecule has 0 radical (unpaired) electrons. The van der Waals surface area contributed by atoms with Gasteiger partial charge < -0.3 is 14.8 Å². The molecule has 1 saturated heterocycles. The molecule has 0 aliphatic carbocycles. The zero-order chi connectivity index (χ0) is 18.1. The molecule has 0 amide bonds. The molecular weight excluding hydrogens is 320 g/mol. The van der Waals surface area contributed by atoms with Crippen molar-refractivity contribution >= 4 is 16.9 Å². The molecule has 0 spiro atoms. The monoisotopic (exact) mass is 344 g/mol. The molecule has 3 rings (SSSR count). The number of aliphatic hydroxyl groups is 1. The van der Waals surface area contributed by atoms with Crippen LogP contribution < -0.4 is 5.56 Å². The molecule has 2 N–H and O–H groups in total. The maximum absolute atomic E-state index is 12.5. The summed E-state index contributed by atoms with van der Waals surface area (Å²) in [6, 6.07) is 5.45. The van der Waals surface area contributed by atoms with Crippen molar-refractivity contribution in [1.82, 2.24) is 9.88 Å². The Hall–Kier alpha value is -2.18. The fraction of sp³-hybridized carbons (Fsp3) is 0.474. The Bertz CT molecular complexity index is 858. The molecule has 134 valence electrons. The van der Waals surface area contributed by atoms with Crippen LogP contribution in [0.25, 0.3) is 10.9 Å². The first kappa shape index (κ1) is 17.6. The zero-order valence-electron chi connectivity index (χ0n) is 14.8. The number of benzene rings is 1. The number of hydrogen-bond donors (Lipinski definition) is 2. The highest BCUT2D eigenvalue weighted by Crippen LogP contribution is 2.22. The molecule has 1 aromatic carbocycles. The average Bonchev–Trinajstić information content (AvgIpc) is 2.57. The number of aryl methyl sites for hydroxylation is 2. The molecule has 25 heavy (non-hydrogen) atoms. The number of rotatable bonds is 3. The highest BCUT2D eigenvalue weighted by atomic mass is 16.5. The van der Waals surface area contributed by atoms with Crippen LogP contribution in [0.3, 0.4) is 0 Å². The van der Waals surface area contributed by atoms with Crippen molar-refractivity contribution in [2.24, 2.45) is 0 Å². The van der Waals surface area contributed by atoms with Gasteiger partial charge in [0, 0.05) is 18.7 Å². The fourth-order valence-corrected chi connectivity index (χ4v) is 3.63. The third-order valence-corrected chi connectivity index (χ3v) is 4.90. The van der Waals surface area contributed by atoms with Crippen molar-refractivity contribution in [3.8, 4) is 0 Å². The van der Waals surface area contributed by atoms with Gasteiger partial charge in [-0.3, -0.25) is 14.5 Å². The van der Waals surface area contributed by atoms with Crippen molar-refractivity contribution in [2.75, 3.05) is 13.7 Å². The minimum Gasteiger partial charge on any atom is -0.468 e. The van der Waals surface area contributed by atoms with Gasteiger partial charge in [-0.05, 0) is 49.8 Å². The lowest BCUT2D eigenvalue weighted by Crippen LogP contribution is -2.49. The van der Waals surface area contributed by atoms with E-state index in [1.54, 1.807) is 0 Å². The third kappa shape index (κ3) is 3.60. The molecule has 1 aromatic heterocycles. The Labute approximate surface area is 146 Å². The van der Waals surface area contributed by atoms with Crippen LogP contribution in [0.15, 0.2) is 23.0 Å². The van der Waals surface area contributed by atoms with Gasteiger partial charge in [-0.25, -0.2) is 0 Å². The van der Waals surface area contributed by atoms with Crippen LogP contribution >= 0.6 is 0 Å². The fourth-order valence-electron chi connectivity index (χ4n) is 3.63. The quantitative estimate of drug-likeness (QED) is 0.827. The number of nitrogens with zero attached hydrogens (tertiary/aromatic N) is 1. The van der Waals surface area contributed by atoms with Crippen molar-refractivity contribution in [3.63, 3.8) is 0 Å². The normalized spacial score (nSPS) is 21.4. The van der Waals surface area contributed by atoms with Gasteiger partial charge in [0.15, 0.2) is 0 Å². The summed E-state index contributed by atoms with van der Waals surface area (Å²) in [4.78, 5) is 29.4. The zero-order valence-corrected chi connectivity index (χ0v) is 14.8. The highest BCUT2D eigenvalue weighted by molar-refractivity contribution is 5.83. The number of aromatic nitrogens is 1. The van der Waals surface area contributed by atoms with Crippen LogP contribution in [0.2, 0.25) is 0 Å². The van der Waals surface area contributed by atoms with E-state index in [1.165, 1.54) is 7.11 Å². The summed E-state index contributed by atoms with van der Waals surface area (Å²) >= 11 is 0. The minimum absolute atomic E-state index is 0.144. The van der Waals surface area contributed by atoms with Gasteiger partial charge in [0.05, 0.1) is 18.7 Å². The molecular formula is C19H24N2O4. The number of nitrogens with one attached hydrogen (secondary N) is 1. The Kier molecular flexibility index (Phi) is 4.92. The van der Waals surface area contributed by atoms with Gasteiger partial charge in [0.25, 0.3) is 5.56 Å². The molecule has 1 fully saturated rings. The van der Waals surface area contributed by atoms with E-state index in [4.69, 9.17) is 4.74 Å². The Morgan fingerprint density at radius 1 is 1.36 bits per heavy atom. The van der Waals surface area contributed by atoms with E-state index >= 15 is 0 Å². The Morgan fingerprint density at radius 2 is 2.12 bits per heavy atom. The van der Waals surface area contributed by atoms with Gasteiger partial charge in [-0.1, -0.05) is 11.6 Å². The molecule has 2 heterocycles. The smallest absolute Gasteiger partial charge is 0.323 e. The summed E-state index contributed by atoms with van der Waals surface area (Å²) in [5.74, 6) is -0.373. The summed E-state index contributed by atoms with van der Waals surface area (Å²) in [5.41, 5.74) is 3.48. The lowest BCUT2D eigenvalue weighted by molar-refractivity contribution is -0.150. The van der Waals surface area contributed by atoms with Crippen LogP contribution in [0, 0.1) is 13.8 Å². The van der Waals surface area contributed by atoms with E-state index in [9.17, 15) is 14.7 Å². The number of carbonyl (C=O) groups excluding carboxylic acids is 1. The number of likely N-dealkylation sites (tertiary alicyclic amines) is 1. The standard InChI is InChI=1S/C19H24N2O4/c1-11-6-12(2)17-13(7-11)8-14(18(23)20-17)10-21-5-4-15(22)9-16(21)19(24)25-3/h6-8,15-16,22H,4-5,9-10H2,1-3H3,(H,20,23)/t15-,16+/m1/s1. The van der Waals surface area contributed by atoms with E-state index in [-0.39, 0.29) is 11.5 Å². The summed E-state index contributed by atoms with van der Waals surface area (Å²) in [5, 5.41) is 10.8. The molecule has 1 aliphatic heterocycles. The predicted molar refractivity (Wildman–Crippen MR) is 95.5 cm³/mol. The van der Waals surface area contributed by atoms with Crippen LogP contribution in [0.5, 0.6) is 0 Å². The summed E-state index contributed by atoms with van der Waals surface area (Å²) < 4.78 is 4.86. The molecule has 1 aliphatic rings. The van der Waals surface area contributed by atoms with Gasteiger partial charge in [-0.2, -0.15) is 0 Å². The molecule has 0 bridgehead atoms. The first-order valence-corrected chi connectivity index (χ1v) is 8.52. The van der Waals surface area contributed by atoms with Crippen LogP contribution in [-0.2, 0) is 16.1 Å². The number of fused-ring (bicyclic) bond motifs is 1. The number of carbonyl (C=O) groups is 1. The maximum atomic E-state index is 12.5. The molecule has 2 aromatic rings. The highest BCUT2D eigenvalue weighted by Gasteiger charge is 2.33. The Morgan fingerprint density at radius 3 is 2.84 bits per heavy atom. The van der Waals surface area contributed by atoms with Gasteiger partial charge >= 0.3 is 5.97 Å². The summed E-state index contributed by atoms with van der Waals surface area (Å²) in [6.07, 6.45) is 0.397. The molecule has 6 nitrogen and oxygen atoms in total. The number of methoxy groups -OCH3 is 1. The first-order chi connectivity index (χ1) is 11.9. The van der Waals surface area contributed by atoms with Crippen molar-refractivity contribution < 1.29 is 14.6 Å². The van der Waals surface area contributed by atoms with Crippen molar-refractivity contribution in [3.05, 3.63) is 45.2 Å². The predicted octanol–water partition coefficient (Wildman–Crippen LogP) is 1.64. The Balaban J connectivity index is 1.94. The average molecular weight is 344 g/mol. The van der Waals surface area contributed by atoms with Gasteiger partial charge in [0.2, 0.25) is 0 Å². The van der Waals surface area contributed by atoms with Crippen molar-refractivity contribution in [2.45, 2.75) is 45.4 Å². The second-order valence-corrected chi connectivity index (χ2v) is 6.86. The minimum atomic E-state index is -0.525. The molecule has 2 atom stereocenters. The van der Waals surface area contributed by atoms with Crippen molar-refractivity contribution in [1.29, 1.82) is 0 Å². The van der Waals surface area contributed by atoms with E-state index in [2.05, 4.69) is 4.98 Å². The van der Waals surface area contributed by atoms with Crippen LogP contribution in [-0.4, -0.2) is 46.8 Å². The van der Waals surface area contributed by atoms with Crippen LogP contribution in [0.4, 0.5) is 0 Å². The molecule has 6 heteroatoms. The van der Waals surface area contributed by atoms with E-state index in [1.807, 2.05) is 36.9 Å². The number of hydrogen-bond acceptors (Lipinski definition) is 5. The van der Waals surface area contributed by atoms with Crippen LogP contribution in [0.1, 0.15) is 29.5 Å². The number of H-pyrrole nitrogens is 1. The number of aromatic amines is 1. The van der Waals surface area contributed by atoms with E-state index < -0.39 is 12.1 Å². The number of piperidine rings is 1. The summed E-state index contributed by atoms with van der Waals surface area (Å²) in [6.45, 7) is 4.90.